The van der Waals surface area contributed by atoms with Crippen LogP contribution in [-0.2, 0) is 4.74 Å². The zero-order valence-electron chi connectivity index (χ0n) is 14.2. The van der Waals surface area contributed by atoms with E-state index in [0.29, 0.717) is 30.5 Å². The van der Waals surface area contributed by atoms with Crippen molar-refractivity contribution in [1.82, 2.24) is 4.90 Å². The summed E-state index contributed by atoms with van der Waals surface area (Å²) in [6.45, 7) is 2.56. The standard InChI is InChI=1S/C19H21ClFNO3.ClH/c20-15-4-6-18(7-5-15)25-13-17(23)11-22-8-9-24-19(12-22)14-2-1-3-16(21)10-14;/h1-7,10,17,19,23H,8-9,11-13H2;1H. The zero-order chi connectivity index (χ0) is 17.6. The lowest BCUT2D eigenvalue weighted by Crippen LogP contribution is -2.43. The van der Waals surface area contributed by atoms with Crippen molar-refractivity contribution < 1.29 is 19.0 Å². The lowest BCUT2D eigenvalue weighted by molar-refractivity contribution is -0.0460. The van der Waals surface area contributed by atoms with Crippen molar-refractivity contribution in [2.45, 2.75) is 12.2 Å². The van der Waals surface area contributed by atoms with E-state index in [0.717, 1.165) is 12.1 Å². The lowest BCUT2D eigenvalue weighted by atomic mass is 10.1. The highest BCUT2D eigenvalue weighted by atomic mass is 35.5. The van der Waals surface area contributed by atoms with Gasteiger partial charge in [0.1, 0.15) is 24.3 Å². The molecule has 1 fully saturated rings. The number of hydrogen-bond acceptors (Lipinski definition) is 4. The monoisotopic (exact) mass is 401 g/mol. The predicted molar refractivity (Wildman–Crippen MR) is 102 cm³/mol. The van der Waals surface area contributed by atoms with Crippen LogP contribution in [0.2, 0.25) is 5.02 Å². The first-order valence-corrected chi connectivity index (χ1v) is 8.64. The van der Waals surface area contributed by atoms with Crippen molar-refractivity contribution in [1.29, 1.82) is 0 Å². The summed E-state index contributed by atoms with van der Waals surface area (Å²) in [4.78, 5) is 2.11. The van der Waals surface area contributed by atoms with Crippen LogP contribution in [0.15, 0.2) is 48.5 Å². The van der Waals surface area contributed by atoms with E-state index in [1.807, 2.05) is 6.07 Å². The summed E-state index contributed by atoms with van der Waals surface area (Å²) >= 11 is 5.83. The largest absolute Gasteiger partial charge is 0.491 e. The maximum absolute atomic E-state index is 13.4. The van der Waals surface area contributed by atoms with Crippen LogP contribution in [-0.4, -0.2) is 49.0 Å². The number of rotatable bonds is 6. The van der Waals surface area contributed by atoms with Gasteiger partial charge < -0.3 is 14.6 Å². The van der Waals surface area contributed by atoms with Crippen molar-refractivity contribution in [2.24, 2.45) is 0 Å². The topological polar surface area (TPSA) is 41.9 Å². The van der Waals surface area contributed by atoms with Crippen LogP contribution in [0, 0.1) is 5.82 Å². The van der Waals surface area contributed by atoms with E-state index in [1.165, 1.54) is 12.1 Å². The van der Waals surface area contributed by atoms with Gasteiger partial charge in [0.05, 0.1) is 12.7 Å². The molecule has 0 aliphatic carbocycles. The second-order valence-corrected chi connectivity index (χ2v) is 6.53. The summed E-state index contributed by atoms with van der Waals surface area (Å²) in [5.41, 5.74) is 0.816. The van der Waals surface area contributed by atoms with E-state index in [4.69, 9.17) is 21.1 Å². The van der Waals surface area contributed by atoms with Gasteiger partial charge in [0.15, 0.2) is 0 Å². The smallest absolute Gasteiger partial charge is 0.123 e. The predicted octanol–water partition coefficient (Wildman–Crippen LogP) is 3.71. The molecule has 1 N–H and O–H groups in total. The van der Waals surface area contributed by atoms with Crippen molar-refractivity contribution in [3.8, 4) is 5.75 Å². The molecule has 2 aromatic rings. The van der Waals surface area contributed by atoms with Gasteiger partial charge in [0, 0.05) is 24.7 Å². The summed E-state index contributed by atoms with van der Waals surface area (Å²) in [6.07, 6.45) is -0.809. The molecule has 2 unspecified atom stereocenters. The Kier molecular flexibility index (Phi) is 8.13. The third kappa shape index (κ3) is 6.11. The number of morpholine rings is 1. The maximum atomic E-state index is 13.4. The van der Waals surface area contributed by atoms with E-state index in [2.05, 4.69) is 4.90 Å². The second kappa shape index (κ2) is 10.1. The Hall–Kier alpha value is -1.37. The van der Waals surface area contributed by atoms with Crippen molar-refractivity contribution in [2.75, 3.05) is 32.8 Å². The van der Waals surface area contributed by atoms with E-state index >= 15 is 0 Å². The first-order valence-electron chi connectivity index (χ1n) is 8.26. The molecule has 26 heavy (non-hydrogen) atoms. The summed E-state index contributed by atoms with van der Waals surface area (Å²) in [5, 5.41) is 10.9. The average Bonchev–Trinajstić information content (AvgIpc) is 2.61. The molecule has 1 aliphatic rings. The number of nitrogens with zero attached hydrogens (tertiary/aromatic N) is 1. The molecule has 2 aromatic carbocycles. The fourth-order valence-electron chi connectivity index (χ4n) is 2.85. The molecule has 2 atom stereocenters. The summed E-state index contributed by atoms with van der Waals surface area (Å²) < 4.78 is 24.7. The van der Waals surface area contributed by atoms with Crippen LogP contribution in [0.5, 0.6) is 5.75 Å². The van der Waals surface area contributed by atoms with Crippen LogP contribution in [0.25, 0.3) is 0 Å². The third-order valence-corrected chi connectivity index (χ3v) is 4.35. The molecule has 0 spiro atoms. The molecular formula is C19H22Cl2FNO3. The number of hydrogen-bond donors (Lipinski definition) is 1. The minimum atomic E-state index is -0.623. The fourth-order valence-corrected chi connectivity index (χ4v) is 2.98. The number of aliphatic hydroxyl groups excluding tert-OH is 1. The molecule has 0 radical (unpaired) electrons. The molecule has 1 heterocycles. The van der Waals surface area contributed by atoms with Gasteiger partial charge in [-0.3, -0.25) is 4.90 Å². The van der Waals surface area contributed by atoms with Crippen LogP contribution in [0.3, 0.4) is 0 Å². The molecule has 3 rings (SSSR count). The van der Waals surface area contributed by atoms with Crippen LogP contribution in [0.4, 0.5) is 4.39 Å². The van der Waals surface area contributed by atoms with Crippen LogP contribution in [0.1, 0.15) is 11.7 Å². The quantitative estimate of drug-likeness (QED) is 0.800. The Bertz CT molecular complexity index is 687. The van der Waals surface area contributed by atoms with Crippen molar-refractivity contribution in [3.63, 3.8) is 0 Å². The number of benzene rings is 2. The van der Waals surface area contributed by atoms with Crippen LogP contribution >= 0.6 is 24.0 Å². The molecule has 1 aliphatic heterocycles. The SMILES string of the molecule is Cl.OC(COc1ccc(Cl)cc1)CN1CCOC(c2cccc(F)c2)C1. The Labute approximate surface area is 163 Å². The molecule has 142 valence electrons. The molecule has 4 nitrogen and oxygen atoms in total. The third-order valence-electron chi connectivity index (χ3n) is 4.10. The summed E-state index contributed by atoms with van der Waals surface area (Å²) in [5.74, 6) is 0.401. The lowest BCUT2D eigenvalue weighted by Gasteiger charge is -2.34. The van der Waals surface area contributed by atoms with Gasteiger partial charge in [-0.05, 0) is 42.0 Å². The second-order valence-electron chi connectivity index (χ2n) is 6.09. The van der Waals surface area contributed by atoms with Gasteiger partial charge >= 0.3 is 0 Å². The highest BCUT2D eigenvalue weighted by Crippen LogP contribution is 2.23. The Morgan fingerprint density at radius 1 is 1.27 bits per heavy atom. The Morgan fingerprint density at radius 3 is 2.77 bits per heavy atom. The van der Waals surface area contributed by atoms with Crippen molar-refractivity contribution in [3.05, 3.63) is 64.9 Å². The minimum absolute atomic E-state index is 0. The number of β-amino-alcohol motifs (C(OH)–C–C–N with tert-alkyl or cyclic N) is 1. The average molecular weight is 402 g/mol. The van der Waals surface area contributed by atoms with Crippen molar-refractivity contribution >= 4 is 24.0 Å². The van der Waals surface area contributed by atoms with Gasteiger partial charge in [0.2, 0.25) is 0 Å². The van der Waals surface area contributed by atoms with E-state index < -0.39 is 6.10 Å². The fraction of sp³-hybridized carbons (Fsp3) is 0.368. The molecule has 1 saturated heterocycles. The minimum Gasteiger partial charge on any atom is -0.491 e. The number of aliphatic hydroxyl groups is 1. The Balaban J connectivity index is 0.00000243. The van der Waals surface area contributed by atoms with E-state index in [1.54, 1.807) is 30.3 Å². The van der Waals surface area contributed by atoms with Crippen LogP contribution < -0.4 is 4.74 Å². The molecule has 0 aromatic heterocycles. The van der Waals surface area contributed by atoms with Gasteiger partial charge in [0.25, 0.3) is 0 Å². The molecule has 0 saturated carbocycles. The Morgan fingerprint density at radius 2 is 2.04 bits per heavy atom. The molecular weight excluding hydrogens is 380 g/mol. The first kappa shape index (κ1) is 20.9. The molecule has 7 heteroatoms. The van der Waals surface area contributed by atoms with Gasteiger partial charge in [-0.2, -0.15) is 0 Å². The molecule has 0 bridgehead atoms. The highest BCUT2D eigenvalue weighted by Gasteiger charge is 2.24. The summed E-state index contributed by atoms with van der Waals surface area (Å²) in [7, 11) is 0. The maximum Gasteiger partial charge on any atom is 0.123 e. The van der Waals surface area contributed by atoms with Gasteiger partial charge in [-0.1, -0.05) is 23.7 Å². The molecule has 0 amide bonds. The summed E-state index contributed by atoms with van der Waals surface area (Å²) in [6, 6.07) is 13.5. The zero-order valence-corrected chi connectivity index (χ0v) is 15.8. The highest BCUT2D eigenvalue weighted by molar-refractivity contribution is 6.30. The number of ether oxygens (including phenoxy) is 2. The normalized spacial score (nSPS) is 18.8. The van der Waals surface area contributed by atoms with Gasteiger partial charge in [-0.15, -0.1) is 12.4 Å². The van der Waals surface area contributed by atoms with Gasteiger partial charge in [-0.25, -0.2) is 4.39 Å². The first-order chi connectivity index (χ1) is 12.1. The number of halogens is 3. The van der Waals surface area contributed by atoms with E-state index in [-0.39, 0.29) is 30.9 Å². The van der Waals surface area contributed by atoms with E-state index in [9.17, 15) is 9.50 Å².